The van der Waals surface area contributed by atoms with Gasteiger partial charge < -0.3 is 11.1 Å². The minimum absolute atomic E-state index is 0.0377. The number of rotatable bonds is 5. The molecule has 0 bridgehead atoms. The van der Waals surface area contributed by atoms with Crippen LogP contribution in [0.3, 0.4) is 0 Å². The van der Waals surface area contributed by atoms with Crippen molar-refractivity contribution in [3.05, 3.63) is 23.0 Å². The minimum atomic E-state index is -0.794. The number of nitrogen functional groups attached to an aromatic ring is 1. The third-order valence-electron chi connectivity index (χ3n) is 2.02. The van der Waals surface area contributed by atoms with Gasteiger partial charge in [0.1, 0.15) is 5.82 Å². The second-order valence-electron chi connectivity index (χ2n) is 3.41. The van der Waals surface area contributed by atoms with E-state index in [0.29, 0.717) is 23.7 Å². The summed E-state index contributed by atoms with van der Waals surface area (Å²) >= 11 is 5.63. The van der Waals surface area contributed by atoms with Crippen molar-refractivity contribution in [1.82, 2.24) is 0 Å². The van der Waals surface area contributed by atoms with E-state index < -0.39 is 16.6 Å². The lowest BCUT2D eigenvalue weighted by molar-refractivity contribution is 0.629. The van der Waals surface area contributed by atoms with Gasteiger partial charge in [-0.1, -0.05) is 11.6 Å². The quantitative estimate of drug-likeness (QED) is 0.634. The molecule has 0 aromatic heterocycles. The van der Waals surface area contributed by atoms with Crippen molar-refractivity contribution in [2.24, 2.45) is 0 Å². The van der Waals surface area contributed by atoms with Crippen LogP contribution in [0, 0.1) is 5.82 Å². The number of hydrogen-bond donors (Lipinski definition) is 2. The highest BCUT2D eigenvalue weighted by molar-refractivity contribution is 7.84. The zero-order chi connectivity index (χ0) is 12.1. The number of nitrogens with two attached hydrogens (primary N) is 1. The van der Waals surface area contributed by atoms with E-state index in [2.05, 4.69) is 5.32 Å². The molecule has 1 unspecified atom stereocenters. The molecule has 3 N–H and O–H groups in total. The number of anilines is 2. The predicted molar refractivity (Wildman–Crippen MR) is 67.9 cm³/mol. The van der Waals surface area contributed by atoms with Gasteiger partial charge in [-0.15, -0.1) is 0 Å². The Bertz CT molecular complexity index is 401. The van der Waals surface area contributed by atoms with Gasteiger partial charge >= 0.3 is 0 Å². The maximum atomic E-state index is 13.0. The minimum Gasteiger partial charge on any atom is -0.397 e. The van der Waals surface area contributed by atoms with Gasteiger partial charge in [0.15, 0.2) is 0 Å². The maximum absolute atomic E-state index is 13.0. The Kier molecular flexibility index (Phi) is 5.02. The molecule has 0 aliphatic carbocycles. The highest BCUT2D eigenvalue weighted by Crippen LogP contribution is 2.26. The normalized spacial score (nSPS) is 12.4. The smallest absolute Gasteiger partial charge is 0.143 e. The molecule has 0 amide bonds. The highest BCUT2D eigenvalue weighted by Gasteiger charge is 2.05. The lowest BCUT2D eigenvalue weighted by Gasteiger charge is -2.09. The molecular formula is C10H14ClFN2OS. The first-order valence-corrected chi connectivity index (χ1v) is 6.89. The van der Waals surface area contributed by atoms with Gasteiger partial charge in [0.05, 0.1) is 16.4 Å². The van der Waals surface area contributed by atoms with Crippen LogP contribution in [0.5, 0.6) is 0 Å². The Morgan fingerprint density at radius 3 is 2.88 bits per heavy atom. The van der Waals surface area contributed by atoms with E-state index in [9.17, 15) is 8.60 Å². The average molecular weight is 265 g/mol. The van der Waals surface area contributed by atoms with Crippen molar-refractivity contribution in [3.63, 3.8) is 0 Å². The second-order valence-corrected chi connectivity index (χ2v) is 5.37. The molecule has 0 fully saturated rings. The van der Waals surface area contributed by atoms with Crippen LogP contribution in [0.4, 0.5) is 15.8 Å². The maximum Gasteiger partial charge on any atom is 0.143 e. The third kappa shape index (κ3) is 3.98. The van der Waals surface area contributed by atoms with Crippen LogP contribution >= 0.6 is 11.6 Å². The monoisotopic (exact) mass is 264 g/mol. The largest absolute Gasteiger partial charge is 0.397 e. The summed E-state index contributed by atoms with van der Waals surface area (Å²) in [4.78, 5) is 0. The lowest BCUT2D eigenvalue weighted by Crippen LogP contribution is -2.08. The van der Waals surface area contributed by atoms with Gasteiger partial charge in [0.25, 0.3) is 0 Å². The van der Waals surface area contributed by atoms with Gasteiger partial charge in [-0.05, 0) is 12.5 Å². The summed E-state index contributed by atoms with van der Waals surface area (Å²) in [6.07, 6.45) is 2.42. The molecule has 1 aromatic carbocycles. The van der Waals surface area contributed by atoms with Gasteiger partial charge in [-0.3, -0.25) is 4.21 Å². The zero-order valence-electron chi connectivity index (χ0n) is 8.93. The summed E-state index contributed by atoms with van der Waals surface area (Å²) in [6.45, 7) is 0.631. The topological polar surface area (TPSA) is 55.1 Å². The lowest BCUT2D eigenvalue weighted by atomic mass is 10.2. The van der Waals surface area contributed by atoms with Crippen molar-refractivity contribution in [2.45, 2.75) is 6.42 Å². The molecule has 6 heteroatoms. The highest BCUT2D eigenvalue weighted by atomic mass is 35.5. The van der Waals surface area contributed by atoms with Crippen molar-refractivity contribution >= 4 is 33.8 Å². The van der Waals surface area contributed by atoms with Crippen LogP contribution < -0.4 is 11.1 Å². The number of hydrogen-bond acceptors (Lipinski definition) is 3. The van der Waals surface area contributed by atoms with Crippen LogP contribution in [0.25, 0.3) is 0 Å². The Balaban J connectivity index is 2.54. The molecule has 1 atom stereocenters. The zero-order valence-corrected chi connectivity index (χ0v) is 10.5. The second kappa shape index (κ2) is 6.06. The van der Waals surface area contributed by atoms with Gasteiger partial charge in [0, 0.05) is 35.4 Å². The molecular weight excluding hydrogens is 251 g/mol. The van der Waals surface area contributed by atoms with E-state index in [1.807, 2.05) is 0 Å². The van der Waals surface area contributed by atoms with E-state index in [0.717, 1.165) is 6.42 Å². The fourth-order valence-electron chi connectivity index (χ4n) is 1.21. The van der Waals surface area contributed by atoms with Crippen LogP contribution in [0.15, 0.2) is 12.1 Å². The molecule has 0 heterocycles. The SMILES string of the molecule is CS(=O)CCCNc1cc(Cl)c(F)cc1N. The Morgan fingerprint density at radius 2 is 2.25 bits per heavy atom. The fourth-order valence-corrected chi connectivity index (χ4v) is 1.93. The molecule has 16 heavy (non-hydrogen) atoms. The van der Waals surface area contributed by atoms with Crippen molar-refractivity contribution < 1.29 is 8.60 Å². The molecule has 1 aromatic rings. The molecule has 0 radical (unpaired) electrons. The first-order chi connectivity index (χ1) is 7.50. The van der Waals surface area contributed by atoms with Gasteiger partial charge in [-0.25, -0.2) is 4.39 Å². The summed E-state index contributed by atoms with van der Waals surface area (Å²) in [6, 6.07) is 2.64. The summed E-state index contributed by atoms with van der Waals surface area (Å²) < 4.78 is 23.8. The number of nitrogens with one attached hydrogen (secondary N) is 1. The molecule has 90 valence electrons. The standard InChI is InChI=1S/C10H14ClFN2OS/c1-16(15)4-2-3-14-10-5-7(11)8(12)6-9(10)13/h5-6,14H,2-4,13H2,1H3. The molecule has 1 rings (SSSR count). The summed E-state index contributed by atoms with van der Waals surface area (Å²) in [5.74, 6) is 0.0985. The number of halogens is 2. The summed E-state index contributed by atoms with van der Waals surface area (Å²) in [7, 11) is -0.794. The molecule has 0 saturated heterocycles. The average Bonchev–Trinajstić information content (AvgIpc) is 2.19. The Morgan fingerprint density at radius 1 is 1.56 bits per heavy atom. The molecule has 0 saturated carbocycles. The van der Waals surface area contributed by atoms with Crippen LogP contribution in [-0.2, 0) is 10.8 Å². The van der Waals surface area contributed by atoms with Crippen LogP contribution in [-0.4, -0.2) is 22.8 Å². The molecule has 3 nitrogen and oxygen atoms in total. The van der Waals surface area contributed by atoms with E-state index in [1.54, 1.807) is 6.26 Å². The molecule has 0 aliphatic rings. The van der Waals surface area contributed by atoms with E-state index in [4.69, 9.17) is 17.3 Å². The summed E-state index contributed by atoms with van der Waals surface area (Å²) in [5.41, 5.74) is 6.54. The first-order valence-electron chi connectivity index (χ1n) is 4.79. The van der Waals surface area contributed by atoms with Crippen LogP contribution in [0.2, 0.25) is 5.02 Å². The summed E-state index contributed by atoms with van der Waals surface area (Å²) in [5, 5.41) is 3.06. The van der Waals surface area contributed by atoms with E-state index in [1.165, 1.54) is 12.1 Å². The first kappa shape index (κ1) is 13.3. The van der Waals surface area contributed by atoms with Crippen molar-refractivity contribution in [1.29, 1.82) is 0 Å². The Labute approximate surface area is 102 Å². The van der Waals surface area contributed by atoms with Crippen LogP contribution in [0.1, 0.15) is 6.42 Å². The fraction of sp³-hybridized carbons (Fsp3) is 0.400. The van der Waals surface area contributed by atoms with E-state index in [-0.39, 0.29) is 5.02 Å². The molecule has 0 spiro atoms. The third-order valence-corrected chi connectivity index (χ3v) is 3.17. The number of benzene rings is 1. The van der Waals surface area contributed by atoms with Crippen molar-refractivity contribution in [3.8, 4) is 0 Å². The predicted octanol–water partition coefficient (Wildman–Crippen LogP) is 2.24. The van der Waals surface area contributed by atoms with Gasteiger partial charge in [0.2, 0.25) is 0 Å². The van der Waals surface area contributed by atoms with Crippen molar-refractivity contribution in [2.75, 3.05) is 29.6 Å². The van der Waals surface area contributed by atoms with E-state index >= 15 is 0 Å². The van der Waals surface area contributed by atoms with Gasteiger partial charge in [-0.2, -0.15) is 0 Å². The molecule has 0 aliphatic heterocycles. The Hall–Kier alpha value is -0.810.